The first-order valence-electron chi connectivity index (χ1n) is 19.9. The maximum absolute atomic E-state index is 5.42. The second kappa shape index (κ2) is 13.6. The maximum atomic E-state index is 5.42. The van der Waals surface area contributed by atoms with Crippen LogP contribution in [0.15, 0.2) is 200 Å². The lowest BCUT2D eigenvalue weighted by Gasteiger charge is -2.13. The Bertz CT molecular complexity index is 3500. The van der Waals surface area contributed by atoms with Crippen LogP contribution in [-0.4, -0.2) is 15.0 Å². The minimum Gasteiger partial charge on any atom is -0.246 e. The summed E-state index contributed by atoms with van der Waals surface area (Å²) in [5.74, 6) is 0.708. The molecule has 274 valence electrons. The van der Waals surface area contributed by atoms with Gasteiger partial charge < -0.3 is 0 Å². The number of hydrogen-bond acceptors (Lipinski definition) is 4. The van der Waals surface area contributed by atoms with Crippen molar-refractivity contribution < 1.29 is 0 Å². The minimum atomic E-state index is 0.708. The summed E-state index contributed by atoms with van der Waals surface area (Å²) in [5, 5.41) is 11.4. The number of pyridine rings is 1. The van der Waals surface area contributed by atoms with Crippen molar-refractivity contribution in [3.05, 3.63) is 200 Å². The molecule has 0 unspecified atom stereocenters. The summed E-state index contributed by atoms with van der Waals surface area (Å²) in [6.45, 7) is 0. The molecule has 0 fully saturated rings. The van der Waals surface area contributed by atoms with Gasteiger partial charge in [-0.1, -0.05) is 170 Å². The second-order valence-corrected chi connectivity index (χ2v) is 16.2. The molecule has 9 aromatic carbocycles. The van der Waals surface area contributed by atoms with Gasteiger partial charge in [0.15, 0.2) is 5.82 Å². The number of hydrogen-bond donors (Lipinski definition) is 0. The largest absolute Gasteiger partial charge is 0.246 e. The summed E-state index contributed by atoms with van der Waals surface area (Å²) in [5.41, 5.74) is 10.3. The van der Waals surface area contributed by atoms with Crippen LogP contribution in [0.2, 0.25) is 0 Å². The summed E-state index contributed by atoms with van der Waals surface area (Å²) in [7, 11) is 0. The lowest BCUT2D eigenvalue weighted by molar-refractivity contribution is 1.18. The Labute approximate surface area is 344 Å². The van der Waals surface area contributed by atoms with E-state index in [1.165, 1.54) is 69.0 Å². The molecule has 12 rings (SSSR count). The molecule has 0 saturated heterocycles. The Morgan fingerprint density at radius 2 is 0.780 bits per heavy atom. The Morgan fingerprint density at radius 1 is 0.305 bits per heavy atom. The molecule has 0 N–H and O–H groups in total. The Hall–Kier alpha value is -7.53. The van der Waals surface area contributed by atoms with Crippen LogP contribution in [0.25, 0.3) is 120 Å². The van der Waals surface area contributed by atoms with Crippen molar-refractivity contribution in [2.24, 2.45) is 0 Å². The first-order valence-corrected chi connectivity index (χ1v) is 20.7. The standard InChI is InChI=1S/C55H33N3S/c1-3-13-34(14-4-1)49-33-50(58-55(57-49)37-15-5-2-6-16-37)35-23-25-36(26-24-35)53-54-52(45-21-11-12-22-51(45)59-54)47-32-39(28-30-48(47)56-53)38-27-29-44-42-19-8-7-17-40(42)41-18-9-10-20-43(41)46(44)31-38/h1-33H. The van der Waals surface area contributed by atoms with Crippen LogP contribution >= 0.6 is 11.3 Å². The van der Waals surface area contributed by atoms with Crippen LogP contribution in [0, 0.1) is 0 Å². The van der Waals surface area contributed by atoms with Gasteiger partial charge in [0.1, 0.15) is 0 Å². The molecule has 0 aliphatic rings. The lowest BCUT2D eigenvalue weighted by Crippen LogP contribution is -1.96. The highest BCUT2D eigenvalue weighted by atomic mass is 32.1. The van der Waals surface area contributed by atoms with Gasteiger partial charge in [0.05, 0.1) is 27.3 Å². The summed E-state index contributed by atoms with van der Waals surface area (Å²) in [6.07, 6.45) is 0. The summed E-state index contributed by atoms with van der Waals surface area (Å²) >= 11 is 1.82. The van der Waals surface area contributed by atoms with E-state index in [9.17, 15) is 0 Å². The van der Waals surface area contributed by atoms with E-state index < -0.39 is 0 Å². The molecule has 12 aromatic rings. The predicted molar refractivity (Wildman–Crippen MR) is 250 cm³/mol. The SMILES string of the molecule is c1ccc(-c2cc(-c3ccc(-c4nc5ccc(-c6ccc7c8ccccc8c8ccccc8c7c6)cc5c5c4sc4ccccc45)cc3)nc(-c3ccccc3)n2)cc1. The second-order valence-electron chi connectivity index (χ2n) is 15.1. The van der Waals surface area contributed by atoms with E-state index in [4.69, 9.17) is 15.0 Å². The average molecular weight is 768 g/mol. The molecule has 0 atom stereocenters. The first-order chi connectivity index (χ1) is 29.2. The highest BCUT2D eigenvalue weighted by molar-refractivity contribution is 7.26. The number of benzene rings is 9. The van der Waals surface area contributed by atoms with Crippen molar-refractivity contribution in [1.29, 1.82) is 0 Å². The zero-order valence-electron chi connectivity index (χ0n) is 31.8. The van der Waals surface area contributed by atoms with Crippen LogP contribution in [0.5, 0.6) is 0 Å². The number of thiophene rings is 1. The molecule has 3 aromatic heterocycles. The molecular weight excluding hydrogens is 735 g/mol. The maximum Gasteiger partial charge on any atom is 0.160 e. The Balaban J connectivity index is 0.995. The van der Waals surface area contributed by atoms with Gasteiger partial charge >= 0.3 is 0 Å². The highest BCUT2D eigenvalue weighted by Gasteiger charge is 2.18. The van der Waals surface area contributed by atoms with Crippen LogP contribution in [0.4, 0.5) is 0 Å². The van der Waals surface area contributed by atoms with Gasteiger partial charge in [0.2, 0.25) is 0 Å². The number of rotatable bonds is 5. The number of aromatic nitrogens is 3. The van der Waals surface area contributed by atoms with Crippen molar-refractivity contribution in [2.45, 2.75) is 0 Å². The monoisotopic (exact) mass is 767 g/mol. The zero-order chi connectivity index (χ0) is 38.9. The first kappa shape index (κ1) is 33.6. The fraction of sp³-hybridized carbons (Fsp3) is 0. The van der Waals surface area contributed by atoms with E-state index in [1.54, 1.807) is 0 Å². The van der Waals surface area contributed by atoms with Gasteiger partial charge in [-0.15, -0.1) is 11.3 Å². The molecule has 59 heavy (non-hydrogen) atoms. The van der Waals surface area contributed by atoms with E-state index in [1.807, 2.05) is 47.7 Å². The van der Waals surface area contributed by atoms with Gasteiger partial charge in [-0.25, -0.2) is 15.0 Å². The normalized spacial score (nSPS) is 11.7. The van der Waals surface area contributed by atoms with Crippen LogP contribution in [0.1, 0.15) is 0 Å². The third kappa shape index (κ3) is 5.60. The topological polar surface area (TPSA) is 38.7 Å². The summed E-state index contributed by atoms with van der Waals surface area (Å²) in [4.78, 5) is 15.5. The molecule has 3 heterocycles. The van der Waals surface area contributed by atoms with Crippen LogP contribution < -0.4 is 0 Å². The molecule has 0 radical (unpaired) electrons. The third-order valence-corrected chi connectivity index (χ3v) is 12.8. The third-order valence-electron chi connectivity index (χ3n) is 11.7. The smallest absolute Gasteiger partial charge is 0.160 e. The molecule has 0 amide bonds. The lowest BCUT2D eigenvalue weighted by atomic mass is 9.91. The fourth-order valence-corrected chi connectivity index (χ4v) is 10.0. The van der Waals surface area contributed by atoms with E-state index in [-0.39, 0.29) is 0 Å². The van der Waals surface area contributed by atoms with E-state index in [0.29, 0.717) is 5.82 Å². The highest BCUT2D eigenvalue weighted by Crippen LogP contribution is 2.44. The molecule has 3 nitrogen and oxygen atoms in total. The number of nitrogens with zero attached hydrogens (tertiary/aromatic N) is 3. The molecular formula is C55H33N3S. The molecule has 0 aliphatic heterocycles. The quantitative estimate of drug-likeness (QED) is 0.164. The van der Waals surface area contributed by atoms with E-state index in [0.717, 1.165) is 44.9 Å². The van der Waals surface area contributed by atoms with Gasteiger partial charge in [-0.3, -0.25) is 0 Å². The molecule has 0 bridgehead atoms. The Morgan fingerprint density at radius 3 is 1.44 bits per heavy atom. The van der Waals surface area contributed by atoms with Crippen LogP contribution in [-0.2, 0) is 0 Å². The van der Waals surface area contributed by atoms with Gasteiger partial charge in [-0.05, 0) is 73.8 Å². The van der Waals surface area contributed by atoms with Crippen molar-refractivity contribution in [3.8, 4) is 56.3 Å². The molecule has 0 spiro atoms. The molecule has 4 heteroatoms. The zero-order valence-corrected chi connectivity index (χ0v) is 32.6. The number of fused-ring (bicyclic) bond motifs is 11. The van der Waals surface area contributed by atoms with Crippen molar-refractivity contribution in [2.75, 3.05) is 0 Å². The van der Waals surface area contributed by atoms with Gasteiger partial charge in [0.25, 0.3) is 0 Å². The summed E-state index contributed by atoms with van der Waals surface area (Å²) in [6, 6.07) is 71.4. The predicted octanol–water partition coefficient (Wildman–Crippen LogP) is 15.2. The molecule has 0 aliphatic carbocycles. The van der Waals surface area contributed by atoms with Crippen molar-refractivity contribution in [1.82, 2.24) is 15.0 Å². The van der Waals surface area contributed by atoms with Crippen molar-refractivity contribution in [3.63, 3.8) is 0 Å². The van der Waals surface area contributed by atoms with Gasteiger partial charge in [-0.2, -0.15) is 0 Å². The van der Waals surface area contributed by atoms with E-state index in [2.05, 4.69) is 164 Å². The van der Waals surface area contributed by atoms with Gasteiger partial charge in [0, 0.05) is 43.1 Å². The minimum absolute atomic E-state index is 0.708. The Kier molecular flexibility index (Phi) is 7.72. The average Bonchev–Trinajstić information content (AvgIpc) is 3.72. The van der Waals surface area contributed by atoms with E-state index >= 15 is 0 Å². The molecule has 0 saturated carbocycles. The van der Waals surface area contributed by atoms with Crippen LogP contribution in [0.3, 0.4) is 0 Å². The summed E-state index contributed by atoms with van der Waals surface area (Å²) < 4.78 is 2.45. The van der Waals surface area contributed by atoms with Crippen molar-refractivity contribution >= 4 is 74.7 Å². The fourth-order valence-electron chi connectivity index (χ4n) is 8.81.